The van der Waals surface area contributed by atoms with Gasteiger partial charge in [-0.25, -0.2) is 8.42 Å². The Hall–Kier alpha value is -1.78. The number of β-amino-alcohol motifs (C(OH)–C–C–N with tert-alkyl or cyclic N) is 1. The lowest BCUT2D eigenvalue weighted by Crippen LogP contribution is -2.35. The van der Waals surface area contributed by atoms with Crippen LogP contribution >= 0.6 is 0 Å². The predicted molar refractivity (Wildman–Crippen MR) is 81.6 cm³/mol. The SMILES string of the molecule is Cc1noc(C)c1S(=O)(=O)N1CC[C@@](O)(c2nc(C(C)C)no2)C1. The number of nitrogens with zero attached hydrogens (tertiary/aromatic N) is 4. The molecule has 9 nitrogen and oxygen atoms in total. The molecule has 132 valence electrons. The second-order valence-electron chi connectivity index (χ2n) is 6.39. The molecule has 0 bridgehead atoms. The second-order valence-corrected chi connectivity index (χ2v) is 8.26. The molecule has 1 N–H and O–H groups in total. The van der Waals surface area contributed by atoms with E-state index < -0.39 is 15.6 Å². The van der Waals surface area contributed by atoms with Crippen molar-refractivity contribution in [2.75, 3.05) is 13.1 Å². The van der Waals surface area contributed by atoms with Crippen LogP contribution in [-0.4, -0.2) is 46.2 Å². The molecule has 0 unspecified atom stereocenters. The number of rotatable bonds is 4. The van der Waals surface area contributed by atoms with Crippen molar-refractivity contribution < 1.29 is 22.6 Å². The number of sulfonamides is 1. The van der Waals surface area contributed by atoms with Crippen molar-refractivity contribution in [3.63, 3.8) is 0 Å². The van der Waals surface area contributed by atoms with Gasteiger partial charge in [0.05, 0.1) is 6.54 Å². The quantitative estimate of drug-likeness (QED) is 0.863. The second kappa shape index (κ2) is 5.64. The summed E-state index contributed by atoms with van der Waals surface area (Å²) in [5.41, 5.74) is -1.20. The summed E-state index contributed by atoms with van der Waals surface area (Å²) in [6.45, 7) is 6.91. The van der Waals surface area contributed by atoms with Crippen molar-refractivity contribution in [3.8, 4) is 0 Å². The molecular weight excluding hydrogens is 336 g/mol. The van der Waals surface area contributed by atoms with Gasteiger partial charge in [0.15, 0.2) is 17.2 Å². The van der Waals surface area contributed by atoms with Gasteiger partial charge >= 0.3 is 0 Å². The van der Waals surface area contributed by atoms with Crippen LogP contribution in [0.3, 0.4) is 0 Å². The minimum absolute atomic E-state index is 0.0418. The largest absolute Gasteiger partial charge is 0.379 e. The van der Waals surface area contributed by atoms with Crippen LogP contribution < -0.4 is 0 Å². The summed E-state index contributed by atoms with van der Waals surface area (Å²) in [7, 11) is -3.82. The van der Waals surface area contributed by atoms with Gasteiger partial charge in [-0.2, -0.15) is 9.29 Å². The summed E-state index contributed by atoms with van der Waals surface area (Å²) >= 11 is 0. The fourth-order valence-electron chi connectivity index (χ4n) is 2.77. The summed E-state index contributed by atoms with van der Waals surface area (Å²) in [5, 5.41) is 18.3. The minimum Gasteiger partial charge on any atom is -0.379 e. The Bertz CT molecular complexity index is 837. The molecule has 0 aromatic carbocycles. The molecule has 1 aliphatic rings. The highest BCUT2D eigenvalue weighted by atomic mass is 32.2. The van der Waals surface area contributed by atoms with E-state index >= 15 is 0 Å². The normalized spacial score (nSPS) is 22.6. The van der Waals surface area contributed by atoms with E-state index in [1.165, 1.54) is 4.31 Å². The first-order valence-electron chi connectivity index (χ1n) is 7.64. The highest BCUT2D eigenvalue weighted by Gasteiger charge is 2.47. The maximum absolute atomic E-state index is 12.8. The molecule has 3 rings (SSSR count). The Morgan fingerprint density at radius 3 is 2.50 bits per heavy atom. The highest BCUT2D eigenvalue weighted by molar-refractivity contribution is 7.89. The molecule has 2 aromatic rings. The smallest absolute Gasteiger partial charge is 0.260 e. The number of hydrogen-bond donors (Lipinski definition) is 1. The molecule has 0 spiro atoms. The van der Waals surface area contributed by atoms with Gasteiger partial charge in [-0.15, -0.1) is 0 Å². The van der Waals surface area contributed by atoms with Gasteiger partial charge in [-0.3, -0.25) is 0 Å². The van der Waals surface area contributed by atoms with E-state index in [0.29, 0.717) is 11.5 Å². The van der Waals surface area contributed by atoms with Crippen LogP contribution in [0.25, 0.3) is 0 Å². The zero-order valence-electron chi connectivity index (χ0n) is 14.0. The van der Waals surface area contributed by atoms with Crippen LogP contribution in [0.5, 0.6) is 0 Å². The zero-order valence-corrected chi connectivity index (χ0v) is 14.8. The number of hydrogen-bond acceptors (Lipinski definition) is 8. The fraction of sp³-hybridized carbons (Fsp3) is 0.643. The summed E-state index contributed by atoms with van der Waals surface area (Å²) in [6.07, 6.45) is 0.176. The molecule has 10 heteroatoms. The molecule has 0 aliphatic carbocycles. The van der Waals surface area contributed by atoms with E-state index in [1.807, 2.05) is 13.8 Å². The third-order valence-electron chi connectivity index (χ3n) is 4.13. The van der Waals surface area contributed by atoms with Crippen molar-refractivity contribution in [3.05, 3.63) is 23.2 Å². The number of aliphatic hydroxyl groups is 1. The third-order valence-corrected chi connectivity index (χ3v) is 6.22. The van der Waals surface area contributed by atoms with E-state index in [2.05, 4.69) is 15.3 Å². The molecule has 1 fully saturated rings. The fourth-order valence-corrected chi connectivity index (χ4v) is 4.55. The Kier molecular flexibility index (Phi) is 4.01. The van der Waals surface area contributed by atoms with Crippen molar-refractivity contribution in [1.82, 2.24) is 19.6 Å². The van der Waals surface area contributed by atoms with Crippen LogP contribution in [0.2, 0.25) is 0 Å². The molecule has 1 atom stereocenters. The number of aromatic nitrogens is 3. The van der Waals surface area contributed by atoms with Crippen molar-refractivity contribution in [2.24, 2.45) is 0 Å². The average molecular weight is 356 g/mol. The average Bonchev–Trinajstić information content (AvgIpc) is 3.18. The zero-order chi connectivity index (χ0) is 17.7. The van der Waals surface area contributed by atoms with Crippen LogP contribution in [-0.2, 0) is 15.6 Å². The standard InChI is InChI=1S/C14H20N4O5S/c1-8(2)12-15-13(23-17-12)14(19)5-6-18(7-14)24(20,21)11-9(3)16-22-10(11)4/h8,19H,5-7H2,1-4H3/t14-/m0/s1. The maximum Gasteiger partial charge on any atom is 0.260 e. The summed E-state index contributed by atoms with van der Waals surface area (Å²) in [4.78, 5) is 4.24. The van der Waals surface area contributed by atoms with Crippen LogP contribution in [0.4, 0.5) is 0 Å². The van der Waals surface area contributed by atoms with Crippen molar-refractivity contribution in [2.45, 2.75) is 50.5 Å². The van der Waals surface area contributed by atoms with Crippen molar-refractivity contribution in [1.29, 1.82) is 0 Å². The highest BCUT2D eigenvalue weighted by Crippen LogP contribution is 2.35. The van der Waals surface area contributed by atoms with E-state index in [-0.39, 0.29) is 42.0 Å². The van der Waals surface area contributed by atoms with Gasteiger partial charge in [-0.05, 0) is 13.8 Å². The summed E-state index contributed by atoms with van der Waals surface area (Å²) in [5.74, 6) is 0.797. The molecule has 1 aliphatic heterocycles. The Morgan fingerprint density at radius 1 is 1.25 bits per heavy atom. The lowest BCUT2D eigenvalue weighted by molar-refractivity contribution is 0.0194. The van der Waals surface area contributed by atoms with E-state index in [0.717, 1.165) is 0 Å². The van der Waals surface area contributed by atoms with Gasteiger partial charge in [0.2, 0.25) is 10.0 Å². The Morgan fingerprint density at radius 2 is 1.96 bits per heavy atom. The van der Waals surface area contributed by atoms with Gasteiger partial charge < -0.3 is 14.2 Å². The Labute approximate surface area is 139 Å². The van der Waals surface area contributed by atoms with Crippen LogP contribution in [0.1, 0.15) is 49.4 Å². The monoisotopic (exact) mass is 356 g/mol. The van der Waals surface area contributed by atoms with Gasteiger partial charge in [0.25, 0.3) is 5.89 Å². The van der Waals surface area contributed by atoms with Crippen LogP contribution in [0, 0.1) is 13.8 Å². The van der Waals surface area contributed by atoms with E-state index in [9.17, 15) is 13.5 Å². The summed E-state index contributed by atoms with van der Waals surface area (Å²) < 4.78 is 36.9. The third kappa shape index (κ3) is 2.64. The molecule has 2 aromatic heterocycles. The van der Waals surface area contributed by atoms with Gasteiger partial charge in [0, 0.05) is 18.9 Å². The lowest BCUT2D eigenvalue weighted by Gasteiger charge is -2.19. The van der Waals surface area contributed by atoms with Gasteiger partial charge in [-0.1, -0.05) is 24.2 Å². The predicted octanol–water partition coefficient (Wildman–Crippen LogP) is 1.08. The summed E-state index contributed by atoms with van der Waals surface area (Å²) in [6, 6.07) is 0. The molecule has 24 heavy (non-hydrogen) atoms. The molecule has 0 amide bonds. The molecule has 0 radical (unpaired) electrons. The maximum atomic E-state index is 12.8. The Balaban J connectivity index is 1.89. The minimum atomic E-state index is -3.82. The molecule has 3 heterocycles. The van der Waals surface area contributed by atoms with Gasteiger partial charge in [0.1, 0.15) is 10.6 Å². The first-order valence-corrected chi connectivity index (χ1v) is 9.08. The molecular formula is C14H20N4O5S. The van der Waals surface area contributed by atoms with E-state index in [4.69, 9.17) is 9.05 Å². The van der Waals surface area contributed by atoms with E-state index in [1.54, 1.807) is 13.8 Å². The molecule has 1 saturated heterocycles. The molecule has 0 saturated carbocycles. The topological polar surface area (TPSA) is 123 Å². The van der Waals surface area contributed by atoms with Crippen LogP contribution in [0.15, 0.2) is 13.9 Å². The lowest BCUT2D eigenvalue weighted by atomic mass is 10.0. The van der Waals surface area contributed by atoms with Crippen molar-refractivity contribution >= 4 is 10.0 Å². The number of aryl methyl sites for hydroxylation is 2. The first-order chi connectivity index (χ1) is 11.1. The first kappa shape index (κ1) is 17.1.